The summed E-state index contributed by atoms with van der Waals surface area (Å²) in [4.78, 5) is 16.0. The first-order valence-electron chi connectivity index (χ1n) is 9.23. The molecule has 0 bridgehead atoms. The highest BCUT2D eigenvalue weighted by Gasteiger charge is 2.05. The monoisotopic (exact) mass is 381 g/mol. The summed E-state index contributed by atoms with van der Waals surface area (Å²) in [5, 5.41) is 6.41. The Labute approximate surface area is 168 Å². The molecular weight excluding hydrogens is 362 g/mol. The predicted molar refractivity (Wildman–Crippen MR) is 114 cm³/mol. The first kappa shape index (κ1) is 18.4. The minimum absolute atomic E-state index is 0.294. The fourth-order valence-electron chi connectivity index (χ4n) is 3.02. The molecule has 5 heteroatoms. The molecule has 142 valence electrons. The van der Waals surface area contributed by atoms with Gasteiger partial charge in [-0.3, -0.25) is 9.78 Å². The van der Waals surface area contributed by atoms with Crippen LogP contribution >= 0.6 is 0 Å². The second kappa shape index (κ2) is 8.80. The molecular formula is C24H19N3O2. The number of rotatable bonds is 6. The van der Waals surface area contributed by atoms with Crippen molar-refractivity contribution in [1.29, 1.82) is 0 Å². The van der Waals surface area contributed by atoms with E-state index in [4.69, 9.17) is 4.74 Å². The standard InChI is InChI=1S/C24H19N3O2/c28-24(19-12-14-25-15-13-19)27-26-16-20-7-2-4-11-23(20)29-17-21-9-5-8-18-6-1-3-10-22(18)21/h1-16H,17H2,(H,27,28)/b26-16+. The zero-order valence-corrected chi connectivity index (χ0v) is 15.7. The van der Waals surface area contributed by atoms with Gasteiger partial charge in [-0.25, -0.2) is 5.43 Å². The second-order valence-corrected chi connectivity index (χ2v) is 6.40. The van der Waals surface area contributed by atoms with E-state index in [-0.39, 0.29) is 5.91 Å². The summed E-state index contributed by atoms with van der Waals surface area (Å²) < 4.78 is 6.06. The minimum atomic E-state index is -0.294. The van der Waals surface area contributed by atoms with Crippen LogP contribution in [0.4, 0.5) is 0 Å². The van der Waals surface area contributed by atoms with Crippen molar-refractivity contribution in [2.24, 2.45) is 5.10 Å². The number of carbonyl (C=O) groups is 1. The molecule has 0 unspecified atom stereocenters. The van der Waals surface area contributed by atoms with Gasteiger partial charge in [0.1, 0.15) is 12.4 Å². The Kier molecular flexibility index (Phi) is 5.58. The van der Waals surface area contributed by atoms with E-state index in [2.05, 4.69) is 39.8 Å². The second-order valence-electron chi connectivity index (χ2n) is 6.40. The number of hydrazone groups is 1. The predicted octanol–water partition coefficient (Wildman–Crippen LogP) is 4.58. The number of hydrogen-bond acceptors (Lipinski definition) is 4. The molecule has 0 spiro atoms. The highest BCUT2D eigenvalue weighted by molar-refractivity contribution is 5.95. The Balaban J connectivity index is 1.46. The SMILES string of the molecule is O=C(N/N=C/c1ccccc1OCc1cccc2ccccc12)c1ccncc1. The molecule has 4 aromatic rings. The fourth-order valence-corrected chi connectivity index (χ4v) is 3.02. The van der Waals surface area contributed by atoms with Crippen molar-refractivity contribution in [3.05, 3.63) is 108 Å². The lowest BCUT2D eigenvalue weighted by atomic mass is 10.1. The van der Waals surface area contributed by atoms with Crippen LogP contribution in [0.2, 0.25) is 0 Å². The molecule has 1 heterocycles. The molecule has 5 nitrogen and oxygen atoms in total. The summed E-state index contributed by atoms with van der Waals surface area (Å²) in [6.45, 7) is 0.440. The van der Waals surface area contributed by atoms with E-state index < -0.39 is 0 Å². The topological polar surface area (TPSA) is 63.6 Å². The molecule has 0 fully saturated rings. The van der Waals surface area contributed by atoms with Gasteiger partial charge in [0, 0.05) is 23.5 Å². The highest BCUT2D eigenvalue weighted by atomic mass is 16.5. The molecule has 0 aliphatic heterocycles. The van der Waals surface area contributed by atoms with Crippen LogP contribution in [0.25, 0.3) is 10.8 Å². The summed E-state index contributed by atoms with van der Waals surface area (Å²) in [6.07, 6.45) is 4.71. The number of aromatic nitrogens is 1. The third-order valence-corrected chi connectivity index (χ3v) is 4.49. The average molecular weight is 381 g/mol. The van der Waals surface area contributed by atoms with Gasteiger partial charge in [-0.05, 0) is 40.6 Å². The molecule has 0 atom stereocenters. The van der Waals surface area contributed by atoms with E-state index >= 15 is 0 Å². The van der Waals surface area contributed by atoms with Gasteiger partial charge in [-0.15, -0.1) is 0 Å². The van der Waals surface area contributed by atoms with Gasteiger partial charge in [0.25, 0.3) is 5.91 Å². The van der Waals surface area contributed by atoms with Crippen molar-refractivity contribution in [3.8, 4) is 5.75 Å². The Hall–Kier alpha value is -3.99. The van der Waals surface area contributed by atoms with E-state index in [1.165, 1.54) is 10.8 Å². The molecule has 29 heavy (non-hydrogen) atoms. The molecule has 0 aliphatic rings. The first-order chi connectivity index (χ1) is 14.3. The van der Waals surface area contributed by atoms with Gasteiger partial charge in [-0.2, -0.15) is 5.10 Å². The molecule has 0 saturated heterocycles. The molecule has 0 saturated carbocycles. The third kappa shape index (κ3) is 4.47. The number of hydrogen-bond donors (Lipinski definition) is 1. The first-order valence-corrected chi connectivity index (χ1v) is 9.23. The molecule has 3 aromatic carbocycles. The Morgan fingerprint density at radius 1 is 0.931 bits per heavy atom. The summed E-state index contributed by atoms with van der Waals surface area (Å²) in [6, 6.07) is 25.3. The molecule has 0 radical (unpaired) electrons. The smallest absolute Gasteiger partial charge is 0.271 e. The Bertz CT molecular complexity index is 1150. The van der Waals surface area contributed by atoms with Crippen LogP contribution in [0.15, 0.2) is 96.4 Å². The molecule has 1 amide bonds. The number of fused-ring (bicyclic) bond motifs is 1. The average Bonchev–Trinajstić information content (AvgIpc) is 2.79. The maximum atomic E-state index is 12.1. The normalized spacial score (nSPS) is 10.9. The minimum Gasteiger partial charge on any atom is -0.488 e. The van der Waals surface area contributed by atoms with Gasteiger partial charge in [0.2, 0.25) is 0 Å². The summed E-state index contributed by atoms with van der Waals surface area (Å²) in [7, 11) is 0. The molecule has 0 aliphatic carbocycles. The van der Waals surface area contributed by atoms with Crippen molar-refractivity contribution in [3.63, 3.8) is 0 Å². The van der Waals surface area contributed by atoms with E-state index in [1.54, 1.807) is 30.7 Å². The number of carbonyl (C=O) groups excluding carboxylic acids is 1. The van der Waals surface area contributed by atoms with Gasteiger partial charge >= 0.3 is 0 Å². The number of nitrogens with zero attached hydrogens (tertiary/aromatic N) is 2. The molecule has 4 rings (SSSR count). The Morgan fingerprint density at radius 3 is 2.59 bits per heavy atom. The zero-order valence-electron chi connectivity index (χ0n) is 15.7. The highest BCUT2D eigenvalue weighted by Crippen LogP contribution is 2.22. The number of benzene rings is 3. The van der Waals surface area contributed by atoms with Gasteiger partial charge in [-0.1, -0.05) is 54.6 Å². The number of pyridine rings is 1. The largest absolute Gasteiger partial charge is 0.488 e. The third-order valence-electron chi connectivity index (χ3n) is 4.49. The van der Waals surface area contributed by atoms with Crippen molar-refractivity contribution < 1.29 is 9.53 Å². The quantitative estimate of drug-likeness (QED) is 0.393. The maximum absolute atomic E-state index is 12.1. The van der Waals surface area contributed by atoms with Crippen LogP contribution in [0.3, 0.4) is 0 Å². The summed E-state index contributed by atoms with van der Waals surface area (Å²) in [5.41, 5.74) is 4.91. The fraction of sp³-hybridized carbons (Fsp3) is 0.0417. The van der Waals surface area contributed by atoms with Crippen molar-refractivity contribution in [1.82, 2.24) is 10.4 Å². The van der Waals surface area contributed by atoms with Crippen LogP contribution in [0.1, 0.15) is 21.5 Å². The van der Waals surface area contributed by atoms with Crippen LogP contribution in [-0.4, -0.2) is 17.1 Å². The number of ether oxygens (including phenoxy) is 1. The van der Waals surface area contributed by atoms with Crippen LogP contribution in [0.5, 0.6) is 5.75 Å². The maximum Gasteiger partial charge on any atom is 0.271 e. The lowest BCUT2D eigenvalue weighted by Gasteiger charge is -2.11. The zero-order chi connectivity index (χ0) is 19.9. The lowest BCUT2D eigenvalue weighted by molar-refractivity contribution is 0.0955. The summed E-state index contributed by atoms with van der Waals surface area (Å²) >= 11 is 0. The number of amides is 1. The van der Waals surface area contributed by atoms with Crippen molar-refractivity contribution >= 4 is 22.9 Å². The lowest BCUT2D eigenvalue weighted by Crippen LogP contribution is -2.17. The van der Waals surface area contributed by atoms with E-state index in [0.29, 0.717) is 17.9 Å². The Morgan fingerprint density at radius 2 is 1.69 bits per heavy atom. The number of para-hydroxylation sites is 1. The molecule has 1 N–H and O–H groups in total. The van der Waals surface area contributed by atoms with Gasteiger partial charge in [0.15, 0.2) is 0 Å². The number of nitrogens with one attached hydrogen (secondary N) is 1. The van der Waals surface area contributed by atoms with Crippen LogP contribution in [0, 0.1) is 0 Å². The van der Waals surface area contributed by atoms with E-state index in [9.17, 15) is 4.79 Å². The van der Waals surface area contributed by atoms with Crippen LogP contribution in [-0.2, 0) is 6.61 Å². The van der Waals surface area contributed by atoms with E-state index in [0.717, 1.165) is 11.1 Å². The van der Waals surface area contributed by atoms with Gasteiger partial charge < -0.3 is 4.74 Å². The van der Waals surface area contributed by atoms with Crippen LogP contribution < -0.4 is 10.2 Å². The van der Waals surface area contributed by atoms with Crippen molar-refractivity contribution in [2.45, 2.75) is 6.61 Å². The van der Waals surface area contributed by atoms with E-state index in [1.807, 2.05) is 42.5 Å². The summed E-state index contributed by atoms with van der Waals surface area (Å²) in [5.74, 6) is 0.403. The molecule has 1 aromatic heterocycles. The van der Waals surface area contributed by atoms with Gasteiger partial charge in [0.05, 0.1) is 6.21 Å². The van der Waals surface area contributed by atoms with Crippen molar-refractivity contribution in [2.75, 3.05) is 0 Å².